The van der Waals surface area contributed by atoms with Crippen LogP contribution in [-0.4, -0.2) is 31.4 Å². The minimum atomic E-state index is 0.790. The van der Waals surface area contributed by atoms with E-state index in [0.717, 1.165) is 48.1 Å². The highest BCUT2D eigenvalue weighted by atomic mass is 32.1. The van der Waals surface area contributed by atoms with Crippen LogP contribution >= 0.6 is 11.3 Å². The van der Waals surface area contributed by atoms with Crippen LogP contribution in [0.5, 0.6) is 0 Å². The first kappa shape index (κ1) is 15.4. The maximum atomic E-state index is 4.77. The van der Waals surface area contributed by atoms with Gasteiger partial charge in [0.2, 0.25) is 0 Å². The van der Waals surface area contributed by atoms with Gasteiger partial charge in [0.1, 0.15) is 0 Å². The lowest BCUT2D eigenvalue weighted by Gasteiger charge is -2.27. The lowest BCUT2D eigenvalue weighted by molar-refractivity contribution is 0.244. The van der Waals surface area contributed by atoms with Gasteiger partial charge < -0.3 is 0 Å². The first-order valence-electron chi connectivity index (χ1n) is 8.09. The molecule has 5 nitrogen and oxygen atoms in total. The van der Waals surface area contributed by atoms with Gasteiger partial charge in [0.15, 0.2) is 5.82 Å². The molecule has 0 fully saturated rings. The van der Waals surface area contributed by atoms with Crippen LogP contribution in [-0.2, 0) is 19.5 Å². The molecule has 6 heteroatoms. The number of aromatic nitrogens is 4. The average molecular weight is 337 g/mol. The maximum Gasteiger partial charge on any atom is 0.159 e. The zero-order chi connectivity index (χ0) is 16.5. The molecule has 1 aliphatic rings. The number of nitrogens with zero attached hydrogens (tertiary/aromatic N) is 5. The molecule has 4 rings (SSSR count). The van der Waals surface area contributed by atoms with Crippen molar-refractivity contribution in [1.82, 2.24) is 24.8 Å². The lowest BCUT2D eigenvalue weighted by atomic mass is 10.1. The molecule has 0 bridgehead atoms. The Labute approximate surface area is 145 Å². The van der Waals surface area contributed by atoms with E-state index in [2.05, 4.69) is 33.7 Å². The Balaban J connectivity index is 1.53. The highest BCUT2D eigenvalue weighted by Gasteiger charge is 2.20. The van der Waals surface area contributed by atoms with Gasteiger partial charge in [0.05, 0.1) is 16.4 Å². The van der Waals surface area contributed by atoms with Crippen molar-refractivity contribution in [3.05, 3.63) is 57.6 Å². The molecule has 0 unspecified atom stereocenters. The largest absolute Gasteiger partial charge is 0.293 e. The molecule has 0 saturated carbocycles. The third-order valence-electron chi connectivity index (χ3n) is 4.32. The molecule has 0 aliphatic carbocycles. The van der Waals surface area contributed by atoms with Gasteiger partial charge in [-0.25, -0.2) is 15.0 Å². The summed E-state index contributed by atoms with van der Waals surface area (Å²) in [5.74, 6) is 0.790. The van der Waals surface area contributed by atoms with E-state index >= 15 is 0 Å². The summed E-state index contributed by atoms with van der Waals surface area (Å²) in [6.07, 6.45) is 6.50. The van der Waals surface area contributed by atoms with Gasteiger partial charge in [-0.1, -0.05) is 0 Å². The van der Waals surface area contributed by atoms with Gasteiger partial charge in [0.25, 0.3) is 0 Å². The molecule has 3 aromatic heterocycles. The smallest absolute Gasteiger partial charge is 0.159 e. The maximum absolute atomic E-state index is 4.77. The van der Waals surface area contributed by atoms with Crippen molar-refractivity contribution in [2.24, 2.45) is 0 Å². The van der Waals surface area contributed by atoms with Crippen molar-refractivity contribution >= 4 is 11.3 Å². The summed E-state index contributed by atoms with van der Waals surface area (Å²) in [6, 6.07) is 3.90. The number of thiazole rings is 1. The second kappa shape index (κ2) is 6.37. The topological polar surface area (TPSA) is 54.8 Å². The second-order valence-corrected chi connectivity index (χ2v) is 7.39. The first-order chi connectivity index (χ1) is 11.7. The van der Waals surface area contributed by atoms with Crippen molar-refractivity contribution < 1.29 is 0 Å². The summed E-state index contributed by atoms with van der Waals surface area (Å²) >= 11 is 1.80. The predicted molar refractivity (Wildman–Crippen MR) is 94.7 cm³/mol. The summed E-state index contributed by atoms with van der Waals surface area (Å²) < 4.78 is 0. The molecule has 24 heavy (non-hydrogen) atoms. The standard InChI is InChI=1S/C18H19N5S/c1-12-17(24-13(2)21-12)11-23-8-5-16-15(10-23)9-20-18(22-16)14-3-6-19-7-4-14/h3-4,6-7,9H,5,8,10-11H2,1-2H3. The number of fused-ring (bicyclic) bond motifs is 1. The average Bonchev–Trinajstić information content (AvgIpc) is 2.92. The molecular formula is C18H19N5S. The van der Waals surface area contributed by atoms with Crippen LogP contribution in [0.2, 0.25) is 0 Å². The molecule has 4 heterocycles. The number of hydrogen-bond donors (Lipinski definition) is 0. The zero-order valence-corrected chi connectivity index (χ0v) is 14.7. The lowest BCUT2D eigenvalue weighted by Crippen LogP contribution is -2.30. The fourth-order valence-electron chi connectivity index (χ4n) is 3.07. The highest BCUT2D eigenvalue weighted by Crippen LogP contribution is 2.24. The molecular weight excluding hydrogens is 318 g/mol. The SMILES string of the molecule is Cc1nc(C)c(CN2CCc3nc(-c4ccncc4)ncc3C2)s1. The second-order valence-electron chi connectivity index (χ2n) is 6.10. The molecule has 0 amide bonds. The van der Waals surface area contributed by atoms with E-state index in [-0.39, 0.29) is 0 Å². The summed E-state index contributed by atoms with van der Waals surface area (Å²) in [5.41, 5.74) is 4.58. The van der Waals surface area contributed by atoms with Crippen LogP contribution in [0.3, 0.4) is 0 Å². The fourth-order valence-corrected chi connectivity index (χ4v) is 4.05. The summed E-state index contributed by atoms with van der Waals surface area (Å²) in [4.78, 5) is 21.7. The Hall–Kier alpha value is -2.18. The van der Waals surface area contributed by atoms with Gasteiger partial charge in [-0.3, -0.25) is 9.88 Å². The van der Waals surface area contributed by atoms with E-state index in [1.165, 1.54) is 16.1 Å². The number of hydrogen-bond acceptors (Lipinski definition) is 6. The normalized spacial score (nSPS) is 14.6. The molecule has 122 valence electrons. The van der Waals surface area contributed by atoms with E-state index in [0.29, 0.717) is 0 Å². The van der Waals surface area contributed by atoms with E-state index in [1.54, 1.807) is 23.7 Å². The Kier molecular flexibility index (Phi) is 4.08. The van der Waals surface area contributed by atoms with Crippen molar-refractivity contribution in [2.75, 3.05) is 6.54 Å². The first-order valence-corrected chi connectivity index (χ1v) is 8.91. The molecule has 0 spiro atoms. The minimum absolute atomic E-state index is 0.790. The molecule has 0 atom stereocenters. The van der Waals surface area contributed by atoms with Gasteiger partial charge in [-0.15, -0.1) is 11.3 Å². The Morgan fingerprint density at radius 1 is 1.17 bits per heavy atom. The molecule has 0 N–H and O–H groups in total. The number of aryl methyl sites for hydroxylation is 2. The predicted octanol–water partition coefficient (Wildman–Crippen LogP) is 3.17. The summed E-state index contributed by atoms with van der Waals surface area (Å²) in [7, 11) is 0. The molecule has 1 aliphatic heterocycles. The fraction of sp³-hybridized carbons (Fsp3) is 0.333. The van der Waals surface area contributed by atoms with E-state index < -0.39 is 0 Å². The Bertz CT molecular complexity index is 859. The van der Waals surface area contributed by atoms with E-state index in [1.807, 2.05) is 18.3 Å². The van der Waals surface area contributed by atoms with Crippen LogP contribution in [0.4, 0.5) is 0 Å². The molecule has 0 radical (unpaired) electrons. The van der Waals surface area contributed by atoms with Crippen molar-refractivity contribution in [1.29, 1.82) is 0 Å². The Morgan fingerprint density at radius 2 is 2.00 bits per heavy atom. The van der Waals surface area contributed by atoms with Gasteiger partial charge >= 0.3 is 0 Å². The van der Waals surface area contributed by atoms with Crippen molar-refractivity contribution in [2.45, 2.75) is 33.4 Å². The molecule has 3 aromatic rings. The van der Waals surface area contributed by atoms with Crippen LogP contribution < -0.4 is 0 Å². The van der Waals surface area contributed by atoms with Gasteiger partial charge in [-0.2, -0.15) is 0 Å². The zero-order valence-electron chi connectivity index (χ0n) is 13.9. The van der Waals surface area contributed by atoms with Gasteiger partial charge in [0, 0.05) is 60.6 Å². The minimum Gasteiger partial charge on any atom is -0.293 e. The van der Waals surface area contributed by atoms with E-state index in [4.69, 9.17) is 4.98 Å². The van der Waals surface area contributed by atoms with Crippen molar-refractivity contribution in [3.8, 4) is 11.4 Å². The summed E-state index contributed by atoms with van der Waals surface area (Å²) in [6.45, 7) is 7.06. The van der Waals surface area contributed by atoms with Crippen LogP contribution in [0.15, 0.2) is 30.7 Å². The number of rotatable bonds is 3. The Morgan fingerprint density at radius 3 is 2.75 bits per heavy atom. The van der Waals surface area contributed by atoms with Crippen molar-refractivity contribution in [3.63, 3.8) is 0 Å². The molecule has 0 saturated heterocycles. The van der Waals surface area contributed by atoms with Gasteiger partial charge in [-0.05, 0) is 26.0 Å². The van der Waals surface area contributed by atoms with Crippen LogP contribution in [0.1, 0.15) is 26.8 Å². The summed E-state index contributed by atoms with van der Waals surface area (Å²) in [5, 5.41) is 1.14. The quantitative estimate of drug-likeness (QED) is 0.735. The number of pyridine rings is 1. The third-order valence-corrected chi connectivity index (χ3v) is 5.38. The highest BCUT2D eigenvalue weighted by molar-refractivity contribution is 7.11. The van der Waals surface area contributed by atoms with Crippen LogP contribution in [0, 0.1) is 13.8 Å². The molecule has 0 aromatic carbocycles. The van der Waals surface area contributed by atoms with Crippen LogP contribution in [0.25, 0.3) is 11.4 Å². The third kappa shape index (κ3) is 3.07. The van der Waals surface area contributed by atoms with E-state index in [9.17, 15) is 0 Å². The monoisotopic (exact) mass is 337 g/mol.